The maximum atomic E-state index is 13.9. The predicted molar refractivity (Wildman–Crippen MR) is 73.8 cm³/mol. The van der Waals surface area contributed by atoms with Gasteiger partial charge >= 0.3 is 0 Å². The summed E-state index contributed by atoms with van der Waals surface area (Å²) in [5.41, 5.74) is 2.11. The van der Waals surface area contributed by atoms with E-state index >= 15 is 0 Å². The average Bonchev–Trinajstić information content (AvgIpc) is 2.82. The first kappa shape index (κ1) is 13.1. The second kappa shape index (κ2) is 5.21. The molecule has 0 fully saturated rings. The fraction of sp³-hybridized carbons (Fsp3) is 0.250. The Kier molecular flexibility index (Phi) is 3.40. The van der Waals surface area contributed by atoms with Gasteiger partial charge in [0.25, 0.3) is 0 Å². The van der Waals surface area contributed by atoms with E-state index < -0.39 is 11.6 Å². The van der Waals surface area contributed by atoms with Gasteiger partial charge in [0.15, 0.2) is 0 Å². The van der Waals surface area contributed by atoms with Gasteiger partial charge in [0.2, 0.25) is 0 Å². The first-order chi connectivity index (χ1) is 9.69. The van der Waals surface area contributed by atoms with Crippen molar-refractivity contribution >= 4 is 0 Å². The van der Waals surface area contributed by atoms with Crippen LogP contribution in [0.3, 0.4) is 0 Å². The number of fused-ring (bicyclic) bond motifs is 1. The molecule has 1 N–H and O–H groups in total. The minimum absolute atomic E-state index is 0.0552. The van der Waals surface area contributed by atoms with Crippen molar-refractivity contribution < 1.29 is 13.5 Å². The first-order valence-corrected chi connectivity index (χ1v) is 6.57. The highest BCUT2D eigenvalue weighted by Crippen LogP contribution is 2.39. The zero-order valence-corrected chi connectivity index (χ0v) is 11.1. The maximum Gasteiger partial charge on any atom is 0.134 e. The summed E-state index contributed by atoms with van der Waals surface area (Å²) < 4.78 is 32.9. The molecular weight excluding hydrogens is 260 g/mol. The Morgan fingerprint density at radius 3 is 2.80 bits per heavy atom. The van der Waals surface area contributed by atoms with E-state index in [1.807, 2.05) is 19.2 Å². The van der Waals surface area contributed by atoms with Crippen molar-refractivity contribution in [3.63, 3.8) is 0 Å². The number of halogens is 2. The van der Waals surface area contributed by atoms with Gasteiger partial charge < -0.3 is 10.1 Å². The van der Waals surface area contributed by atoms with E-state index in [2.05, 4.69) is 5.32 Å². The summed E-state index contributed by atoms with van der Waals surface area (Å²) in [6.45, 7) is 0.736. The van der Waals surface area contributed by atoms with Gasteiger partial charge in [-0.2, -0.15) is 0 Å². The molecular formula is C16H15F2NO. The average molecular weight is 275 g/mol. The van der Waals surface area contributed by atoms with Crippen molar-refractivity contribution in [2.75, 3.05) is 13.6 Å². The SMILES string of the molecule is CNC[C@H]1Cc2cccc(-c3ccc(F)cc3F)c2O1. The Balaban J connectivity index is 2.03. The molecule has 0 amide bonds. The largest absolute Gasteiger partial charge is 0.488 e. The monoisotopic (exact) mass is 275 g/mol. The Labute approximate surface area is 116 Å². The van der Waals surface area contributed by atoms with Crippen LogP contribution in [0.5, 0.6) is 5.75 Å². The Morgan fingerprint density at radius 2 is 2.05 bits per heavy atom. The van der Waals surface area contributed by atoms with E-state index in [0.717, 1.165) is 24.6 Å². The minimum Gasteiger partial charge on any atom is -0.488 e. The van der Waals surface area contributed by atoms with Crippen LogP contribution in [0, 0.1) is 11.6 Å². The van der Waals surface area contributed by atoms with Crippen molar-refractivity contribution in [1.29, 1.82) is 0 Å². The molecule has 0 bridgehead atoms. The molecule has 0 aliphatic carbocycles. The molecule has 0 saturated heterocycles. The van der Waals surface area contributed by atoms with E-state index in [1.165, 1.54) is 12.1 Å². The molecule has 2 aromatic carbocycles. The van der Waals surface area contributed by atoms with Gasteiger partial charge in [-0.15, -0.1) is 0 Å². The molecule has 0 saturated carbocycles. The Bertz CT molecular complexity index is 642. The zero-order valence-electron chi connectivity index (χ0n) is 11.1. The topological polar surface area (TPSA) is 21.3 Å². The first-order valence-electron chi connectivity index (χ1n) is 6.57. The van der Waals surface area contributed by atoms with Crippen LogP contribution in [-0.2, 0) is 6.42 Å². The van der Waals surface area contributed by atoms with Crippen LogP contribution in [0.15, 0.2) is 36.4 Å². The number of hydrogen-bond acceptors (Lipinski definition) is 2. The molecule has 0 unspecified atom stereocenters. The molecule has 0 radical (unpaired) electrons. The number of nitrogens with one attached hydrogen (secondary N) is 1. The smallest absolute Gasteiger partial charge is 0.134 e. The summed E-state index contributed by atoms with van der Waals surface area (Å²) in [5, 5.41) is 3.07. The lowest BCUT2D eigenvalue weighted by atomic mass is 10.00. The van der Waals surface area contributed by atoms with Gasteiger partial charge in [-0.1, -0.05) is 18.2 Å². The quantitative estimate of drug-likeness (QED) is 0.929. The molecule has 1 atom stereocenters. The molecule has 1 aliphatic heterocycles. The highest BCUT2D eigenvalue weighted by Gasteiger charge is 2.25. The molecule has 20 heavy (non-hydrogen) atoms. The standard InChI is InChI=1S/C16H15F2NO/c1-19-9-12-7-10-3-2-4-14(16(10)20-12)13-6-5-11(17)8-15(13)18/h2-6,8,12,19H,7,9H2,1H3/t12-/m1/s1. The Hall–Kier alpha value is -1.94. The number of hydrogen-bond donors (Lipinski definition) is 1. The number of para-hydroxylation sites is 1. The van der Waals surface area contributed by atoms with Crippen LogP contribution < -0.4 is 10.1 Å². The van der Waals surface area contributed by atoms with Crippen LogP contribution in [0.25, 0.3) is 11.1 Å². The minimum atomic E-state index is -0.576. The summed E-state index contributed by atoms with van der Waals surface area (Å²) in [6.07, 6.45) is 0.854. The fourth-order valence-electron chi connectivity index (χ4n) is 2.60. The van der Waals surface area contributed by atoms with E-state index in [9.17, 15) is 8.78 Å². The summed E-state index contributed by atoms with van der Waals surface area (Å²) >= 11 is 0. The molecule has 104 valence electrons. The summed E-state index contributed by atoms with van der Waals surface area (Å²) in [7, 11) is 1.87. The number of ether oxygens (including phenoxy) is 1. The molecule has 4 heteroatoms. The van der Waals surface area contributed by atoms with Crippen molar-refractivity contribution in [2.45, 2.75) is 12.5 Å². The van der Waals surface area contributed by atoms with E-state index in [0.29, 0.717) is 16.9 Å². The third kappa shape index (κ3) is 2.27. The summed E-state index contributed by atoms with van der Waals surface area (Å²) in [5.74, 6) is -0.440. The van der Waals surface area contributed by atoms with Crippen LogP contribution in [0.1, 0.15) is 5.56 Å². The number of likely N-dealkylation sites (N-methyl/N-ethyl adjacent to an activating group) is 1. The third-order valence-corrected chi connectivity index (χ3v) is 3.48. The third-order valence-electron chi connectivity index (χ3n) is 3.48. The molecule has 0 spiro atoms. The molecule has 1 aliphatic rings. The normalized spacial score (nSPS) is 16.9. The van der Waals surface area contributed by atoms with Gasteiger partial charge in [0.05, 0.1) is 0 Å². The zero-order chi connectivity index (χ0) is 14.1. The van der Waals surface area contributed by atoms with Crippen molar-refractivity contribution in [2.24, 2.45) is 0 Å². The maximum absolute atomic E-state index is 13.9. The fourth-order valence-corrected chi connectivity index (χ4v) is 2.60. The summed E-state index contributed by atoms with van der Waals surface area (Å²) in [6, 6.07) is 9.27. The van der Waals surface area contributed by atoms with E-state index in [4.69, 9.17) is 4.74 Å². The molecule has 1 heterocycles. The number of benzene rings is 2. The van der Waals surface area contributed by atoms with Crippen molar-refractivity contribution in [3.8, 4) is 16.9 Å². The lowest BCUT2D eigenvalue weighted by Crippen LogP contribution is -2.27. The highest BCUT2D eigenvalue weighted by atomic mass is 19.1. The lowest BCUT2D eigenvalue weighted by Gasteiger charge is -2.12. The van der Waals surface area contributed by atoms with Crippen LogP contribution in [-0.4, -0.2) is 19.7 Å². The molecule has 0 aromatic heterocycles. The van der Waals surface area contributed by atoms with Crippen molar-refractivity contribution in [1.82, 2.24) is 5.32 Å². The molecule has 2 nitrogen and oxygen atoms in total. The van der Waals surface area contributed by atoms with E-state index in [1.54, 1.807) is 6.07 Å². The van der Waals surface area contributed by atoms with Crippen molar-refractivity contribution in [3.05, 3.63) is 53.6 Å². The second-order valence-corrected chi connectivity index (χ2v) is 4.92. The predicted octanol–water partition coefficient (Wildman–Crippen LogP) is 3.15. The van der Waals surface area contributed by atoms with Gasteiger partial charge in [-0.25, -0.2) is 8.78 Å². The summed E-state index contributed by atoms with van der Waals surface area (Å²) in [4.78, 5) is 0. The highest BCUT2D eigenvalue weighted by molar-refractivity contribution is 5.73. The van der Waals surface area contributed by atoms with Crippen LogP contribution >= 0.6 is 0 Å². The number of rotatable bonds is 3. The lowest BCUT2D eigenvalue weighted by molar-refractivity contribution is 0.232. The van der Waals surface area contributed by atoms with Gasteiger partial charge in [-0.05, 0) is 24.7 Å². The van der Waals surface area contributed by atoms with Gasteiger partial charge in [0, 0.05) is 30.2 Å². The molecule has 3 rings (SSSR count). The van der Waals surface area contributed by atoms with Gasteiger partial charge in [-0.3, -0.25) is 0 Å². The Morgan fingerprint density at radius 1 is 1.20 bits per heavy atom. The molecule has 2 aromatic rings. The van der Waals surface area contributed by atoms with Crippen LogP contribution in [0.2, 0.25) is 0 Å². The second-order valence-electron chi connectivity index (χ2n) is 4.92. The van der Waals surface area contributed by atoms with Gasteiger partial charge in [0.1, 0.15) is 23.5 Å². The van der Waals surface area contributed by atoms with E-state index in [-0.39, 0.29) is 6.10 Å². The van der Waals surface area contributed by atoms with Crippen LogP contribution in [0.4, 0.5) is 8.78 Å².